The minimum Gasteiger partial charge on any atom is -0.465 e. The van der Waals surface area contributed by atoms with E-state index in [1.54, 1.807) is 27.7 Å². The Morgan fingerprint density at radius 2 is 1.96 bits per heavy atom. The van der Waals surface area contributed by atoms with Crippen molar-refractivity contribution in [2.24, 2.45) is 0 Å². The summed E-state index contributed by atoms with van der Waals surface area (Å²) in [5.41, 5.74) is -0.638. The molecule has 1 rings (SSSR count). The minimum absolute atomic E-state index is 0.142. The van der Waals surface area contributed by atoms with Gasteiger partial charge in [0.25, 0.3) is 0 Å². The number of ether oxygens (including phenoxy) is 2. The average Bonchev–Trinajstić information content (AvgIpc) is 2.93. The largest absolute Gasteiger partial charge is 0.465 e. The summed E-state index contributed by atoms with van der Waals surface area (Å²) in [6.07, 6.45) is 1.62. The molecule has 0 radical (unpaired) electrons. The van der Waals surface area contributed by atoms with Crippen LogP contribution in [0, 0.1) is 0 Å². The Hall–Kier alpha value is -1.74. The Morgan fingerprint density at radius 1 is 1.27 bits per heavy atom. The van der Waals surface area contributed by atoms with Crippen molar-refractivity contribution in [1.29, 1.82) is 0 Å². The van der Waals surface area contributed by atoms with Crippen LogP contribution in [0.25, 0.3) is 0 Å². The first-order valence-corrected chi connectivity index (χ1v) is 9.63. The molecule has 0 saturated carbocycles. The Balaban J connectivity index is 2.85. The number of nitrogens with zero attached hydrogens (tertiary/aromatic N) is 2. The molecule has 1 aromatic rings. The molecule has 1 amide bonds. The molecule has 2 N–H and O–H groups in total. The normalized spacial score (nSPS) is 13.8. The van der Waals surface area contributed by atoms with Crippen LogP contribution < -0.4 is 5.32 Å². The predicted octanol–water partition coefficient (Wildman–Crippen LogP) is 3.47. The van der Waals surface area contributed by atoms with Gasteiger partial charge in [0.1, 0.15) is 11.5 Å². The maximum atomic E-state index is 12.3. The van der Waals surface area contributed by atoms with Gasteiger partial charge in [0.2, 0.25) is 5.13 Å². The van der Waals surface area contributed by atoms with Crippen LogP contribution in [0.1, 0.15) is 72.0 Å². The number of aromatic nitrogens is 2. The third-order valence-electron chi connectivity index (χ3n) is 3.36. The quantitative estimate of drug-likeness (QED) is 0.493. The van der Waals surface area contributed by atoms with Gasteiger partial charge in [-0.05, 0) is 34.1 Å². The van der Waals surface area contributed by atoms with Crippen molar-refractivity contribution >= 4 is 28.7 Å². The SMILES string of the molecule is CCCCCC(O)C(C(=O)OCC)c1nsc(NC(=O)OC(C)(C)C)n1. The smallest absolute Gasteiger partial charge is 0.414 e. The second-order valence-electron chi connectivity index (χ2n) is 6.88. The first-order valence-electron chi connectivity index (χ1n) is 8.86. The fourth-order valence-corrected chi connectivity index (χ4v) is 2.84. The van der Waals surface area contributed by atoms with Crippen molar-refractivity contribution in [3.63, 3.8) is 0 Å². The molecule has 1 aromatic heterocycles. The van der Waals surface area contributed by atoms with Crippen molar-refractivity contribution in [2.45, 2.75) is 77.9 Å². The molecule has 9 heteroatoms. The fourth-order valence-electron chi connectivity index (χ4n) is 2.24. The van der Waals surface area contributed by atoms with Gasteiger partial charge in [0.15, 0.2) is 5.82 Å². The van der Waals surface area contributed by atoms with E-state index in [1.807, 2.05) is 0 Å². The highest BCUT2D eigenvalue weighted by Gasteiger charge is 2.33. The number of carbonyl (C=O) groups is 2. The lowest BCUT2D eigenvalue weighted by molar-refractivity contribution is -0.148. The standard InChI is InChI=1S/C17H29N3O5S/c1-6-8-9-10-11(21)12(14(22)24-7-2)13-18-15(26-20-13)19-16(23)25-17(3,4)5/h11-12,21H,6-10H2,1-5H3,(H,18,19,20,23). The number of aliphatic hydroxyl groups excluding tert-OH is 1. The summed E-state index contributed by atoms with van der Waals surface area (Å²) in [7, 11) is 0. The molecule has 2 atom stereocenters. The van der Waals surface area contributed by atoms with Gasteiger partial charge in [-0.25, -0.2) is 9.78 Å². The first-order chi connectivity index (χ1) is 12.2. The van der Waals surface area contributed by atoms with Crippen LogP contribution in [-0.2, 0) is 14.3 Å². The zero-order valence-corrected chi connectivity index (χ0v) is 16.9. The second-order valence-corrected chi connectivity index (χ2v) is 7.63. The zero-order valence-electron chi connectivity index (χ0n) is 16.1. The van der Waals surface area contributed by atoms with Gasteiger partial charge in [-0.3, -0.25) is 10.1 Å². The zero-order chi connectivity index (χ0) is 19.7. The number of nitrogens with one attached hydrogen (secondary N) is 1. The van der Waals surface area contributed by atoms with Gasteiger partial charge in [-0.2, -0.15) is 4.37 Å². The topological polar surface area (TPSA) is 111 Å². The number of aliphatic hydroxyl groups is 1. The van der Waals surface area contributed by atoms with Gasteiger partial charge < -0.3 is 14.6 Å². The van der Waals surface area contributed by atoms with Crippen molar-refractivity contribution < 1.29 is 24.2 Å². The number of hydrogen-bond donors (Lipinski definition) is 2. The number of hydrogen-bond acceptors (Lipinski definition) is 8. The van der Waals surface area contributed by atoms with Crippen LogP contribution in [-0.4, -0.2) is 44.8 Å². The summed E-state index contributed by atoms with van der Waals surface area (Å²) in [6, 6.07) is 0. The van der Waals surface area contributed by atoms with Crippen molar-refractivity contribution in [1.82, 2.24) is 9.36 Å². The van der Waals surface area contributed by atoms with E-state index >= 15 is 0 Å². The highest BCUT2D eigenvalue weighted by atomic mass is 32.1. The molecule has 0 spiro atoms. The summed E-state index contributed by atoms with van der Waals surface area (Å²) in [5, 5.41) is 13.1. The van der Waals surface area contributed by atoms with Crippen LogP contribution >= 0.6 is 11.5 Å². The van der Waals surface area contributed by atoms with Gasteiger partial charge in [0, 0.05) is 11.5 Å². The Bertz CT molecular complexity index is 585. The Labute approximate surface area is 158 Å². The van der Waals surface area contributed by atoms with Gasteiger partial charge in [-0.1, -0.05) is 26.2 Å². The van der Waals surface area contributed by atoms with Gasteiger partial charge >= 0.3 is 12.1 Å². The average molecular weight is 388 g/mol. The molecule has 0 bridgehead atoms. The number of rotatable bonds is 9. The number of esters is 1. The molecular weight excluding hydrogens is 358 g/mol. The Kier molecular flexibility index (Phi) is 8.94. The van der Waals surface area contributed by atoms with Crippen molar-refractivity contribution in [2.75, 3.05) is 11.9 Å². The molecule has 0 aliphatic heterocycles. The molecular formula is C17H29N3O5S. The third kappa shape index (κ3) is 7.65. The third-order valence-corrected chi connectivity index (χ3v) is 4.00. The molecule has 2 unspecified atom stereocenters. The van der Waals surface area contributed by atoms with E-state index < -0.39 is 29.7 Å². The maximum absolute atomic E-state index is 12.3. The van der Waals surface area contributed by atoms with Crippen molar-refractivity contribution in [3.8, 4) is 0 Å². The van der Waals surface area contributed by atoms with E-state index in [4.69, 9.17) is 9.47 Å². The molecule has 0 saturated heterocycles. The van der Waals surface area contributed by atoms with E-state index in [2.05, 4.69) is 21.6 Å². The lowest BCUT2D eigenvalue weighted by Gasteiger charge is -2.19. The molecule has 0 aromatic carbocycles. The minimum atomic E-state index is -0.975. The highest BCUT2D eigenvalue weighted by Crippen LogP contribution is 2.26. The number of amides is 1. The number of anilines is 1. The Morgan fingerprint density at radius 3 is 2.54 bits per heavy atom. The summed E-state index contributed by atoms with van der Waals surface area (Å²) < 4.78 is 14.3. The number of carbonyl (C=O) groups excluding carboxylic acids is 2. The van der Waals surface area contributed by atoms with Gasteiger partial charge in [-0.15, -0.1) is 0 Å². The lowest BCUT2D eigenvalue weighted by Crippen LogP contribution is -2.29. The molecule has 148 valence electrons. The van der Waals surface area contributed by atoms with Crippen LogP contribution in [0.15, 0.2) is 0 Å². The predicted molar refractivity (Wildman–Crippen MR) is 99.3 cm³/mol. The summed E-state index contributed by atoms with van der Waals surface area (Å²) >= 11 is 0.922. The van der Waals surface area contributed by atoms with Crippen LogP contribution in [0.4, 0.5) is 9.93 Å². The summed E-state index contributed by atoms with van der Waals surface area (Å²) in [5.74, 6) is -1.40. The van der Waals surface area contributed by atoms with Crippen LogP contribution in [0.3, 0.4) is 0 Å². The van der Waals surface area contributed by atoms with E-state index in [1.165, 1.54) is 0 Å². The molecule has 1 heterocycles. The van der Waals surface area contributed by atoms with E-state index in [0.717, 1.165) is 30.8 Å². The lowest BCUT2D eigenvalue weighted by atomic mass is 9.96. The molecule has 8 nitrogen and oxygen atoms in total. The summed E-state index contributed by atoms with van der Waals surface area (Å²) in [4.78, 5) is 28.3. The molecule has 0 aliphatic rings. The fraction of sp³-hybridized carbons (Fsp3) is 0.765. The van der Waals surface area contributed by atoms with E-state index in [0.29, 0.717) is 6.42 Å². The van der Waals surface area contributed by atoms with Crippen molar-refractivity contribution in [3.05, 3.63) is 5.82 Å². The second kappa shape index (κ2) is 10.4. The maximum Gasteiger partial charge on any atom is 0.414 e. The number of unbranched alkanes of at least 4 members (excludes halogenated alkanes) is 2. The van der Waals surface area contributed by atoms with Crippen LogP contribution in [0.5, 0.6) is 0 Å². The van der Waals surface area contributed by atoms with E-state index in [9.17, 15) is 14.7 Å². The van der Waals surface area contributed by atoms with Crippen LogP contribution in [0.2, 0.25) is 0 Å². The molecule has 0 fully saturated rings. The van der Waals surface area contributed by atoms with Gasteiger partial charge in [0.05, 0.1) is 12.7 Å². The highest BCUT2D eigenvalue weighted by molar-refractivity contribution is 7.09. The molecule has 26 heavy (non-hydrogen) atoms. The monoisotopic (exact) mass is 387 g/mol. The summed E-state index contributed by atoms with van der Waals surface area (Å²) in [6.45, 7) is 9.21. The van der Waals surface area contributed by atoms with E-state index in [-0.39, 0.29) is 17.6 Å². The first kappa shape index (κ1) is 22.3. The molecule has 0 aliphatic carbocycles.